The van der Waals surface area contributed by atoms with E-state index in [0.29, 0.717) is 36.2 Å². The molecule has 24 heavy (non-hydrogen) atoms. The van der Waals surface area contributed by atoms with Crippen molar-refractivity contribution in [3.8, 4) is 6.07 Å². The molecule has 2 N–H and O–H groups in total. The molecule has 124 valence electrons. The second-order valence-corrected chi connectivity index (χ2v) is 7.35. The van der Waals surface area contributed by atoms with Crippen molar-refractivity contribution >= 4 is 5.78 Å². The molecular weight excluding hydrogens is 300 g/mol. The van der Waals surface area contributed by atoms with Crippen LogP contribution in [0.1, 0.15) is 38.7 Å². The molecule has 4 nitrogen and oxygen atoms in total. The number of benzene rings is 1. The van der Waals surface area contributed by atoms with Gasteiger partial charge in [0.2, 0.25) is 5.88 Å². The first-order chi connectivity index (χ1) is 11.4. The third kappa shape index (κ3) is 3.07. The number of nitrogens with two attached hydrogens (primary N) is 1. The minimum absolute atomic E-state index is 0.0829. The molecule has 1 aliphatic carbocycles. The van der Waals surface area contributed by atoms with Crippen LogP contribution in [0.2, 0.25) is 0 Å². The molecule has 1 aromatic carbocycles. The summed E-state index contributed by atoms with van der Waals surface area (Å²) in [4.78, 5) is 12.7. The highest BCUT2D eigenvalue weighted by atomic mass is 16.5. The van der Waals surface area contributed by atoms with Gasteiger partial charge in [0.25, 0.3) is 0 Å². The third-order valence-electron chi connectivity index (χ3n) is 4.76. The Hall–Kier alpha value is -2.54. The third-order valence-corrected chi connectivity index (χ3v) is 4.76. The van der Waals surface area contributed by atoms with Gasteiger partial charge in [-0.05, 0) is 23.8 Å². The summed E-state index contributed by atoms with van der Waals surface area (Å²) >= 11 is 0. The van der Waals surface area contributed by atoms with Gasteiger partial charge in [-0.15, -0.1) is 0 Å². The number of hydrogen-bond acceptors (Lipinski definition) is 4. The zero-order valence-corrected chi connectivity index (χ0v) is 14.1. The molecule has 3 rings (SSSR count). The van der Waals surface area contributed by atoms with Gasteiger partial charge in [-0.1, -0.05) is 44.2 Å². The standard InChI is InChI=1S/C20H22N2O2/c1-20(2)10-16(23)18-14(9-8-13-6-4-3-5-7-13)15(12-21)19(22)24-17(18)11-20/h3-7,14H,8-11,22H2,1-2H3/t14-/m0/s1. The van der Waals surface area contributed by atoms with Crippen molar-refractivity contribution in [2.45, 2.75) is 39.5 Å². The molecule has 0 spiro atoms. The average Bonchev–Trinajstić information content (AvgIpc) is 2.51. The number of rotatable bonds is 3. The van der Waals surface area contributed by atoms with Gasteiger partial charge in [0.05, 0.1) is 5.57 Å². The lowest BCUT2D eigenvalue weighted by Crippen LogP contribution is -2.34. The minimum Gasteiger partial charge on any atom is -0.444 e. The van der Waals surface area contributed by atoms with E-state index in [-0.39, 0.29) is 23.0 Å². The molecule has 1 aliphatic heterocycles. The smallest absolute Gasteiger partial charge is 0.204 e. The normalized spacial score (nSPS) is 22.7. The van der Waals surface area contributed by atoms with Crippen LogP contribution in [0.25, 0.3) is 0 Å². The Balaban J connectivity index is 1.93. The molecule has 0 saturated carbocycles. The van der Waals surface area contributed by atoms with E-state index < -0.39 is 0 Å². The largest absolute Gasteiger partial charge is 0.444 e. The fourth-order valence-electron chi connectivity index (χ4n) is 3.64. The molecule has 0 saturated heterocycles. The Morgan fingerprint density at radius 1 is 1.29 bits per heavy atom. The molecule has 1 aromatic rings. The predicted octanol–water partition coefficient (Wildman–Crippen LogP) is 3.60. The first-order valence-corrected chi connectivity index (χ1v) is 8.29. The molecule has 0 aromatic heterocycles. The van der Waals surface area contributed by atoms with E-state index in [1.807, 2.05) is 18.2 Å². The summed E-state index contributed by atoms with van der Waals surface area (Å²) in [5.74, 6) is 0.632. The quantitative estimate of drug-likeness (QED) is 0.922. The number of carbonyl (C=O) groups excluding carboxylic acids is 1. The van der Waals surface area contributed by atoms with Gasteiger partial charge in [-0.25, -0.2) is 0 Å². The van der Waals surface area contributed by atoms with E-state index >= 15 is 0 Å². The van der Waals surface area contributed by atoms with Crippen molar-refractivity contribution in [3.63, 3.8) is 0 Å². The Morgan fingerprint density at radius 3 is 2.67 bits per heavy atom. The highest BCUT2D eigenvalue weighted by molar-refractivity contribution is 5.98. The first kappa shape index (κ1) is 16.3. The Labute approximate surface area is 142 Å². The van der Waals surface area contributed by atoms with Crippen LogP contribution >= 0.6 is 0 Å². The molecule has 0 fully saturated rings. The number of hydrogen-bond donors (Lipinski definition) is 1. The summed E-state index contributed by atoms with van der Waals surface area (Å²) in [6.07, 6.45) is 2.63. The lowest BCUT2D eigenvalue weighted by Gasteiger charge is -2.37. The van der Waals surface area contributed by atoms with Gasteiger partial charge in [-0.3, -0.25) is 4.79 Å². The molecule has 4 heteroatoms. The maximum absolute atomic E-state index is 12.7. The maximum Gasteiger partial charge on any atom is 0.204 e. The Morgan fingerprint density at radius 2 is 2.00 bits per heavy atom. The molecule has 0 radical (unpaired) electrons. The number of nitrogens with zero attached hydrogens (tertiary/aromatic N) is 1. The van der Waals surface area contributed by atoms with E-state index in [0.717, 1.165) is 6.42 Å². The van der Waals surface area contributed by atoms with Gasteiger partial charge < -0.3 is 10.5 Å². The highest BCUT2D eigenvalue weighted by Gasteiger charge is 2.41. The SMILES string of the molecule is CC1(C)CC(=O)C2=C(C1)OC(N)=C(C#N)[C@@H]2CCc1ccccc1. The van der Waals surface area contributed by atoms with Crippen molar-refractivity contribution < 1.29 is 9.53 Å². The molecule has 1 atom stereocenters. The van der Waals surface area contributed by atoms with Gasteiger partial charge in [0, 0.05) is 24.3 Å². The maximum atomic E-state index is 12.7. The lowest BCUT2D eigenvalue weighted by atomic mass is 9.71. The van der Waals surface area contributed by atoms with Crippen LogP contribution in [0.5, 0.6) is 0 Å². The Kier molecular flexibility index (Phi) is 4.19. The summed E-state index contributed by atoms with van der Waals surface area (Å²) in [5, 5.41) is 9.51. The summed E-state index contributed by atoms with van der Waals surface area (Å²) in [7, 11) is 0. The second-order valence-electron chi connectivity index (χ2n) is 7.35. The number of carbonyl (C=O) groups is 1. The van der Waals surface area contributed by atoms with E-state index in [4.69, 9.17) is 10.5 Å². The summed E-state index contributed by atoms with van der Waals surface area (Å²) < 4.78 is 5.68. The van der Waals surface area contributed by atoms with Gasteiger partial charge >= 0.3 is 0 Å². The van der Waals surface area contributed by atoms with E-state index in [2.05, 4.69) is 32.0 Å². The van der Waals surface area contributed by atoms with Gasteiger partial charge in [0.15, 0.2) is 5.78 Å². The van der Waals surface area contributed by atoms with Crippen molar-refractivity contribution in [1.82, 2.24) is 0 Å². The van der Waals surface area contributed by atoms with Gasteiger partial charge in [-0.2, -0.15) is 5.26 Å². The van der Waals surface area contributed by atoms with E-state index in [1.54, 1.807) is 0 Å². The summed E-state index contributed by atoms with van der Waals surface area (Å²) in [6, 6.07) is 12.2. The summed E-state index contributed by atoms with van der Waals surface area (Å²) in [5.41, 5.74) is 8.08. The number of aryl methyl sites for hydroxylation is 1. The second kappa shape index (κ2) is 6.16. The van der Waals surface area contributed by atoms with Crippen LogP contribution in [0, 0.1) is 22.7 Å². The first-order valence-electron chi connectivity index (χ1n) is 8.29. The predicted molar refractivity (Wildman–Crippen MR) is 91.2 cm³/mol. The number of nitriles is 1. The summed E-state index contributed by atoms with van der Waals surface area (Å²) in [6.45, 7) is 4.10. The molecule has 0 bridgehead atoms. The van der Waals surface area contributed by atoms with E-state index in [1.165, 1.54) is 5.56 Å². The number of ketones is 1. The van der Waals surface area contributed by atoms with Crippen LogP contribution in [0.15, 0.2) is 53.1 Å². The number of ether oxygens (including phenoxy) is 1. The topological polar surface area (TPSA) is 76.1 Å². The molecule has 1 heterocycles. The fraction of sp³-hybridized carbons (Fsp3) is 0.400. The van der Waals surface area contributed by atoms with Crippen molar-refractivity contribution in [1.29, 1.82) is 5.26 Å². The van der Waals surface area contributed by atoms with Crippen LogP contribution in [-0.2, 0) is 16.0 Å². The number of allylic oxidation sites excluding steroid dienone is 3. The van der Waals surface area contributed by atoms with Crippen molar-refractivity contribution in [2.75, 3.05) is 0 Å². The minimum atomic E-state index is -0.262. The molecule has 0 unspecified atom stereocenters. The molecule has 0 amide bonds. The van der Waals surface area contributed by atoms with Crippen LogP contribution in [-0.4, -0.2) is 5.78 Å². The van der Waals surface area contributed by atoms with Crippen molar-refractivity contribution in [2.24, 2.45) is 17.1 Å². The zero-order valence-electron chi connectivity index (χ0n) is 14.1. The highest BCUT2D eigenvalue weighted by Crippen LogP contribution is 2.45. The fourth-order valence-corrected chi connectivity index (χ4v) is 3.64. The van der Waals surface area contributed by atoms with E-state index in [9.17, 15) is 10.1 Å². The zero-order chi connectivity index (χ0) is 17.3. The molecular formula is C20H22N2O2. The Bertz CT molecular complexity index is 767. The van der Waals surface area contributed by atoms with Crippen LogP contribution in [0.3, 0.4) is 0 Å². The van der Waals surface area contributed by atoms with Crippen LogP contribution < -0.4 is 5.73 Å². The van der Waals surface area contributed by atoms with Crippen LogP contribution in [0.4, 0.5) is 0 Å². The number of Topliss-reactive ketones (excluding diaryl/α,β-unsaturated/α-hetero) is 1. The average molecular weight is 322 g/mol. The van der Waals surface area contributed by atoms with Gasteiger partial charge in [0.1, 0.15) is 11.8 Å². The monoisotopic (exact) mass is 322 g/mol. The lowest BCUT2D eigenvalue weighted by molar-refractivity contribution is -0.119. The molecule has 2 aliphatic rings. The van der Waals surface area contributed by atoms with Crippen molar-refractivity contribution in [3.05, 3.63) is 58.7 Å².